The minimum atomic E-state index is 0.391. The van der Waals surface area contributed by atoms with E-state index in [9.17, 15) is 4.79 Å². The molecule has 3 aliphatic rings. The van der Waals surface area contributed by atoms with E-state index in [1.807, 2.05) is 0 Å². The standard InChI is InChI=1S/C13H22N2O/c16-13(7-8-14-11-3-4-11)15(12-5-6-12)9-10-1-2-10/h10-12,14H,1-9H2. The van der Waals surface area contributed by atoms with Crippen LogP contribution >= 0.6 is 0 Å². The molecule has 3 nitrogen and oxygen atoms in total. The zero-order valence-corrected chi connectivity index (χ0v) is 9.95. The molecule has 3 heteroatoms. The number of carbonyl (C=O) groups excluding carboxylic acids is 1. The van der Waals surface area contributed by atoms with Crippen molar-refractivity contribution in [3.63, 3.8) is 0 Å². The number of nitrogens with zero attached hydrogens (tertiary/aromatic N) is 1. The second kappa shape index (κ2) is 4.36. The number of nitrogens with one attached hydrogen (secondary N) is 1. The number of hydrogen-bond donors (Lipinski definition) is 1. The molecule has 0 spiro atoms. The van der Waals surface area contributed by atoms with Gasteiger partial charge in [-0.3, -0.25) is 4.79 Å². The van der Waals surface area contributed by atoms with Crippen LogP contribution in [0, 0.1) is 5.92 Å². The first-order valence-corrected chi connectivity index (χ1v) is 6.86. The van der Waals surface area contributed by atoms with E-state index in [1.165, 1.54) is 38.5 Å². The highest BCUT2D eigenvalue weighted by atomic mass is 16.2. The van der Waals surface area contributed by atoms with Gasteiger partial charge in [-0.25, -0.2) is 0 Å². The van der Waals surface area contributed by atoms with Gasteiger partial charge in [0.25, 0.3) is 0 Å². The van der Waals surface area contributed by atoms with Crippen LogP contribution in [-0.2, 0) is 4.79 Å². The highest BCUT2D eigenvalue weighted by molar-refractivity contribution is 5.77. The molecule has 0 saturated heterocycles. The van der Waals surface area contributed by atoms with Crippen molar-refractivity contribution in [3.05, 3.63) is 0 Å². The van der Waals surface area contributed by atoms with Crippen LogP contribution in [0.15, 0.2) is 0 Å². The van der Waals surface area contributed by atoms with Crippen molar-refractivity contribution in [2.45, 2.75) is 57.0 Å². The second-order valence-corrected chi connectivity index (χ2v) is 5.70. The lowest BCUT2D eigenvalue weighted by molar-refractivity contribution is -0.131. The smallest absolute Gasteiger partial charge is 0.224 e. The first kappa shape index (κ1) is 10.6. The Labute approximate surface area is 97.6 Å². The third-order valence-corrected chi connectivity index (χ3v) is 3.81. The molecule has 3 saturated carbocycles. The summed E-state index contributed by atoms with van der Waals surface area (Å²) in [6.45, 7) is 1.93. The van der Waals surface area contributed by atoms with Crippen molar-refractivity contribution < 1.29 is 4.79 Å². The van der Waals surface area contributed by atoms with Crippen LogP contribution in [0.2, 0.25) is 0 Å². The lowest BCUT2D eigenvalue weighted by Crippen LogP contribution is -2.36. The summed E-state index contributed by atoms with van der Waals surface area (Å²) in [5.74, 6) is 1.23. The molecule has 3 fully saturated rings. The van der Waals surface area contributed by atoms with Crippen LogP contribution in [0.1, 0.15) is 44.9 Å². The molecule has 0 radical (unpaired) electrons. The fraction of sp³-hybridized carbons (Fsp3) is 0.923. The van der Waals surface area contributed by atoms with Gasteiger partial charge >= 0.3 is 0 Å². The van der Waals surface area contributed by atoms with Crippen LogP contribution in [-0.4, -0.2) is 36.0 Å². The van der Waals surface area contributed by atoms with Gasteiger partial charge < -0.3 is 10.2 Å². The van der Waals surface area contributed by atoms with Crippen molar-refractivity contribution in [1.82, 2.24) is 10.2 Å². The Morgan fingerprint density at radius 3 is 2.44 bits per heavy atom. The molecule has 0 aliphatic heterocycles. The minimum Gasteiger partial charge on any atom is -0.339 e. The molecule has 1 N–H and O–H groups in total. The van der Waals surface area contributed by atoms with E-state index in [1.54, 1.807) is 0 Å². The van der Waals surface area contributed by atoms with Gasteiger partial charge in [0.05, 0.1) is 0 Å². The molecule has 0 unspecified atom stereocenters. The SMILES string of the molecule is O=C(CCNC1CC1)N(CC1CC1)C1CC1. The summed E-state index contributed by atoms with van der Waals surface area (Å²) in [7, 11) is 0. The molecule has 0 heterocycles. The molecule has 3 aliphatic carbocycles. The van der Waals surface area contributed by atoms with Gasteiger partial charge in [0.15, 0.2) is 0 Å². The summed E-state index contributed by atoms with van der Waals surface area (Å²) >= 11 is 0. The van der Waals surface area contributed by atoms with Crippen LogP contribution in [0.25, 0.3) is 0 Å². The normalized spacial score (nSPS) is 24.5. The third-order valence-electron chi connectivity index (χ3n) is 3.81. The Balaban J connectivity index is 1.41. The average Bonchev–Trinajstić information content (AvgIpc) is 3.13. The molecule has 16 heavy (non-hydrogen) atoms. The lowest BCUT2D eigenvalue weighted by atomic mass is 10.3. The minimum absolute atomic E-state index is 0.391. The molecule has 1 amide bonds. The molecule has 0 atom stereocenters. The van der Waals surface area contributed by atoms with E-state index in [-0.39, 0.29) is 0 Å². The summed E-state index contributed by atoms with van der Waals surface area (Å²) in [6, 6.07) is 1.33. The Morgan fingerprint density at radius 2 is 1.88 bits per heavy atom. The van der Waals surface area contributed by atoms with Crippen molar-refractivity contribution in [3.8, 4) is 0 Å². The predicted octanol–water partition coefficient (Wildman–Crippen LogP) is 1.53. The summed E-state index contributed by atoms with van der Waals surface area (Å²) in [5.41, 5.74) is 0. The van der Waals surface area contributed by atoms with Gasteiger partial charge in [-0.15, -0.1) is 0 Å². The van der Waals surface area contributed by atoms with Crippen molar-refractivity contribution in [1.29, 1.82) is 0 Å². The third kappa shape index (κ3) is 2.97. The van der Waals surface area contributed by atoms with E-state index in [0.717, 1.165) is 25.0 Å². The van der Waals surface area contributed by atoms with Crippen LogP contribution in [0.3, 0.4) is 0 Å². The monoisotopic (exact) mass is 222 g/mol. The van der Waals surface area contributed by atoms with Gasteiger partial charge in [-0.05, 0) is 44.4 Å². The van der Waals surface area contributed by atoms with Crippen LogP contribution in [0.4, 0.5) is 0 Å². The van der Waals surface area contributed by atoms with Crippen molar-refractivity contribution >= 4 is 5.91 Å². The fourth-order valence-corrected chi connectivity index (χ4v) is 2.23. The topological polar surface area (TPSA) is 32.3 Å². The molecular weight excluding hydrogens is 200 g/mol. The van der Waals surface area contributed by atoms with E-state index >= 15 is 0 Å². The molecule has 0 bridgehead atoms. The van der Waals surface area contributed by atoms with E-state index in [2.05, 4.69) is 10.2 Å². The van der Waals surface area contributed by atoms with Gasteiger partial charge in [-0.2, -0.15) is 0 Å². The first-order chi connectivity index (χ1) is 7.83. The zero-order chi connectivity index (χ0) is 11.0. The van der Waals surface area contributed by atoms with Crippen molar-refractivity contribution in [2.75, 3.05) is 13.1 Å². The molecular formula is C13H22N2O. The molecule has 0 aromatic heterocycles. The van der Waals surface area contributed by atoms with E-state index in [0.29, 0.717) is 18.4 Å². The highest BCUT2D eigenvalue weighted by Crippen LogP contribution is 2.35. The van der Waals surface area contributed by atoms with Gasteiger partial charge in [0.2, 0.25) is 5.91 Å². The maximum atomic E-state index is 12.1. The fourth-order valence-electron chi connectivity index (χ4n) is 2.23. The quantitative estimate of drug-likeness (QED) is 0.708. The average molecular weight is 222 g/mol. The van der Waals surface area contributed by atoms with Gasteiger partial charge in [0.1, 0.15) is 0 Å². The summed E-state index contributed by atoms with van der Waals surface area (Å²) < 4.78 is 0. The Hall–Kier alpha value is -0.570. The highest BCUT2D eigenvalue weighted by Gasteiger charge is 2.36. The maximum absolute atomic E-state index is 12.1. The van der Waals surface area contributed by atoms with Crippen molar-refractivity contribution in [2.24, 2.45) is 5.92 Å². The molecule has 90 valence electrons. The number of rotatable bonds is 7. The van der Waals surface area contributed by atoms with Gasteiger partial charge in [0, 0.05) is 31.6 Å². The zero-order valence-electron chi connectivity index (χ0n) is 9.95. The lowest BCUT2D eigenvalue weighted by Gasteiger charge is -2.22. The van der Waals surface area contributed by atoms with Crippen LogP contribution < -0.4 is 5.32 Å². The van der Waals surface area contributed by atoms with Gasteiger partial charge in [-0.1, -0.05) is 0 Å². The van der Waals surface area contributed by atoms with E-state index in [4.69, 9.17) is 0 Å². The largest absolute Gasteiger partial charge is 0.339 e. The Bertz CT molecular complexity index is 267. The summed E-state index contributed by atoms with van der Waals surface area (Å²) in [4.78, 5) is 14.2. The molecule has 0 aromatic carbocycles. The predicted molar refractivity (Wildman–Crippen MR) is 63.1 cm³/mol. The number of hydrogen-bond acceptors (Lipinski definition) is 2. The number of carbonyl (C=O) groups is 1. The summed E-state index contributed by atoms with van der Waals surface area (Å²) in [5, 5.41) is 3.42. The van der Waals surface area contributed by atoms with Crippen LogP contribution in [0.5, 0.6) is 0 Å². The Kier molecular flexibility index (Phi) is 2.88. The molecule has 3 rings (SSSR count). The van der Waals surface area contributed by atoms with E-state index < -0.39 is 0 Å². The second-order valence-electron chi connectivity index (χ2n) is 5.70. The Morgan fingerprint density at radius 1 is 1.12 bits per heavy atom. The number of amides is 1. The first-order valence-electron chi connectivity index (χ1n) is 6.86. The summed E-state index contributed by atoms with van der Waals surface area (Å²) in [6.07, 6.45) is 8.50. The maximum Gasteiger partial charge on any atom is 0.224 e. The molecule has 0 aromatic rings.